The van der Waals surface area contributed by atoms with Crippen LogP contribution in [-0.2, 0) is 15.6 Å². The molecule has 0 atom stereocenters. The Balaban J connectivity index is 1.81. The number of aryl methyl sites for hydroxylation is 1. The number of halogens is 1. The van der Waals surface area contributed by atoms with Gasteiger partial charge in [0.25, 0.3) is 0 Å². The molecule has 9 heteroatoms. The van der Waals surface area contributed by atoms with Crippen LogP contribution < -0.4 is 9.64 Å². The maximum Gasteiger partial charge on any atom is 0.335 e. The summed E-state index contributed by atoms with van der Waals surface area (Å²) in [5, 5.41) is 9.64. The highest BCUT2D eigenvalue weighted by Gasteiger charge is 2.31. The molecule has 0 aromatic heterocycles. The Morgan fingerprint density at radius 2 is 1.79 bits per heavy atom. The van der Waals surface area contributed by atoms with Gasteiger partial charge in [-0.2, -0.15) is 0 Å². The first-order valence-electron chi connectivity index (χ1n) is 9.20. The third-order valence-electron chi connectivity index (χ3n) is 5.35. The molecule has 0 unspecified atom stereocenters. The van der Waals surface area contributed by atoms with Crippen molar-refractivity contribution in [3.8, 4) is 11.5 Å². The van der Waals surface area contributed by atoms with Gasteiger partial charge in [0, 0.05) is 37.4 Å². The van der Waals surface area contributed by atoms with E-state index in [4.69, 9.17) is 16.3 Å². The van der Waals surface area contributed by atoms with Gasteiger partial charge in [-0.1, -0.05) is 11.6 Å². The first-order chi connectivity index (χ1) is 13.7. The van der Waals surface area contributed by atoms with Gasteiger partial charge in [0.1, 0.15) is 16.4 Å². The van der Waals surface area contributed by atoms with Crippen LogP contribution in [0.5, 0.6) is 11.5 Å². The number of sulfone groups is 1. The van der Waals surface area contributed by atoms with Crippen molar-refractivity contribution in [2.24, 2.45) is 0 Å². The van der Waals surface area contributed by atoms with Gasteiger partial charge < -0.3 is 19.6 Å². The van der Waals surface area contributed by atoms with E-state index in [1.54, 1.807) is 13.0 Å². The highest BCUT2D eigenvalue weighted by atomic mass is 35.5. The number of hydrogen-bond acceptors (Lipinski definition) is 6. The molecule has 1 N–H and O–H groups in total. The van der Waals surface area contributed by atoms with E-state index >= 15 is 0 Å². The minimum atomic E-state index is -3.82. The Morgan fingerprint density at radius 1 is 1.10 bits per heavy atom. The van der Waals surface area contributed by atoms with Crippen LogP contribution in [0.3, 0.4) is 0 Å². The number of likely N-dealkylation sites (N-methyl/N-ethyl adjacent to an activating group) is 1. The molecule has 2 aliphatic heterocycles. The first-order valence-corrected chi connectivity index (χ1v) is 11.2. The van der Waals surface area contributed by atoms with Crippen LogP contribution in [0.1, 0.15) is 21.5 Å². The molecule has 0 bridgehead atoms. The van der Waals surface area contributed by atoms with Crippen LogP contribution in [0, 0.1) is 6.92 Å². The summed E-state index contributed by atoms with van der Waals surface area (Å²) in [6.07, 6.45) is 0. The Hall–Kier alpha value is -2.29. The Labute approximate surface area is 174 Å². The number of hydrogen-bond donors (Lipinski definition) is 1. The monoisotopic (exact) mass is 436 g/mol. The molecule has 2 aromatic carbocycles. The number of nitrogens with zero attached hydrogens (tertiary/aromatic N) is 2. The normalized spacial score (nSPS) is 18.4. The third kappa shape index (κ3) is 3.68. The molecule has 4 rings (SSSR count). The zero-order valence-electron chi connectivity index (χ0n) is 16.1. The summed E-state index contributed by atoms with van der Waals surface area (Å²) >= 11 is 6.51. The van der Waals surface area contributed by atoms with E-state index in [2.05, 4.69) is 16.8 Å². The Morgan fingerprint density at radius 3 is 2.45 bits per heavy atom. The highest BCUT2D eigenvalue weighted by molar-refractivity contribution is 7.90. The molecule has 0 saturated carbocycles. The van der Waals surface area contributed by atoms with Gasteiger partial charge in [-0.05, 0) is 43.8 Å². The van der Waals surface area contributed by atoms with Crippen LogP contribution in [0.25, 0.3) is 0 Å². The molecule has 1 saturated heterocycles. The fraction of sp³-hybridized carbons (Fsp3) is 0.350. The van der Waals surface area contributed by atoms with Gasteiger partial charge in [-0.15, -0.1) is 0 Å². The summed E-state index contributed by atoms with van der Waals surface area (Å²) in [6.45, 7) is 5.08. The molecule has 29 heavy (non-hydrogen) atoms. The molecule has 0 radical (unpaired) electrons. The van der Waals surface area contributed by atoms with Crippen LogP contribution in [0.15, 0.2) is 29.2 Å². The van der Waals surface area contributed by atoms with E-state index in [9.17, 15) is 18.3 Å². The molecule has 0 aliphatic carbocycles. The molecule has 154 valence electrons. The zero-order valence-corrected chi connectivity index (χ0v) is 17.7. The Kier molecular flexibility index (Phi) is 4.96. The van der Waals surface area contributed by atoms with E-state index in [0.29, 0.717) is 21.9 Å². The van der Waals surface area contributed by atoms with Gasteiger partial charge in [-0.25, -0.2) is 13.2 Å². The molecule has 0 spiro atoms. The second-order valence-corrected chi connectivity index (χ2v) is 9.86. The minimum Gasteiger partial charge on any atom is -0.478 e. The maximum absolute atomic E-state index is 13.1. The van der Waals surface area contributed by atoms with Crippen molar-refractivity contribution >= 4 is 33.1 Å². The van der Waals surface area contributed by atoms with Gasteiger partial charge in [0.05, 0.1) is 16.3 Å². The number of fused-ring (bicyclic) bond motifs is 2. The number of carbonyl (C=O) groups is 1. The van der Waals surface area contributed by atoms with Crippen molar-refractivity contribution in [2.75, 3.05) is 38.1 Å². The van der Waals surface area contributed by atoms with Crippen LogP contribution in [0.4, 0.5) is 5.69 Å². The van der Waals surface area contributed by atoms with Crippen molar-refractivity contribution < 1.29 is 23.1 Å². The second kappa shape index (κ2) is 7.19. The van der Waals surface area contributed by atoms with Crippen LogP contribution >= 0.6 is 11.6 Å². The lowest BCUT2D eigenvalue weighted by atomic mass is 10.1. The predicted octanol–water partition coefficient (Wildman–Crippen LogP) is 3.18. The summed E-state index contributed by atoms with van der Waals surface area (Å²) in [5.41, 5.74) is 1.66. The van der Waals surface area contributed by atoms with Crippen LogP contribution in [0.2, 0.25) is 5.02 Å². The third-order valence-corrected chi connectivity index (χ3v) is 7.29. The van der Waals surface area contributed by atoms with Crippen LogP contribution in [-0.4, -0.2) is 57.6 Å². The van der Waals surface area contributed by atoms with Gasteiger partial charge in [0.15, 0.2) is 9.84 Å². The van der Waals surface area contributed by atoms with Crippen molar-refractivity contribution in [1.29, 1.82) is 0 Å². The molecule has 2 aliphatic rings. The van der Waals surface area contributed by atoms with E-state index in [1.807, 2.05) is 6.07 Å². The summed E-state index contributed by atoms with van der Waals surface area (Å²) < 4.78 is 32.1. The van der Waals surface area contributed by atoms with Crippen molar-refractivity contribution in [3.05, 3.63) is 46.0 Å². The molecule has 0 amide bonds. The highest BCUT2D eigenvalue weighted by Crippen LogP contribution is 2.45. The topological polar surface area (TPSA) is 87.2 Å². The summed E-state index contributed by atoms with van der Waals surface area (Å²) in [6, 6.07) is 6.16. The van der Waals surface area contributed by atoms with E-state index in [0.717, 1.165) is 37.9 Å². The number of ether oxygens (including phenoxy) is 1. The largest absolute Gasteiger partial charge is 0.478 e. The fourth-order valence-electron chi connectivity index (χ4n) is 3.71. The number of anilines is 1. The minimum absolute atomic E-state index is 0.0939. The Bertz CT molecular complexity index is 1110. The number of aromatic carboxylic acids is 1. The number of piperazine rings is 1. The first kappa shape index (κ1) is 20.0. The predicted molar refractivity (Wildman–Crippen MR) is 110 cm³/mol. The molecule has 2 heterocycles. The smallest absolute Gasteiger partial charge is 0.335 e. The average molecular weight is 437 g/mol. The van der Waals surface area contributed by atoms with E-state index in [-0.39, 0.29) is 22.0 Å². The molecule has 7 nitrogen and oxygen atoms in total. The van der Waals surface area contributed by atoms with Gasteiger partial charge >= 0.3 is 5.97 Å². The lowest BCUT2D eigenvalue weighted by molar-refractivity contribution is 0.0696. The summed E-state index contributed by atoms with van der Waals surface area (Å²) in [5.74, 6) is -1.07. The summed E-state index contributed by atoms with van der Waals surface area (Å²) in [4.78, 5) is 15.7. The zero-order chi connectivity index (χ0) is 20.9. The molecular weight excluding hydrogens is 416 g/mol. The quantitative estimate of drug-likeness (QED) is 0.773. The van der Waals surface area contributed by atoms with E-state index < -0.39 is 15.8 Å². The van der Waals surface area contributed by atoms with Crippen molar-refractivity contribution in [3.63, 3.8) is 0 Å². The fourth-order valence-corrected chi connectivity index (χ4v) is 5.56. The number of benzene rings is 2. The molecule has 1 fully saturated rings. The molecule has 2 aromatic rings. The lowest BCUT2D eigenvalue weighted by Gasteiger charge is -2.34. The number of carboxylic acid groups (broad SMARTS) is 1. The standard InChI is InChI=1S/C20H21ClN2O5S/c1-12-7-13(20(24)25)9-17-18(12)28-19-14(11-29(17,26)27)8-15(10-16(19)21)23-5-3-22(2)4-6-23/h7-10H,3-6,11H2,1-2H3,(H,24,25). The average Bonchev–Trinajstić information content (AvgIpc) is 2.76. The van der Waals surface area contributed by atoms with Crippen molar-refractivity contribution in [2.45, 2.75) is 17.6 Å². The maximum atomic E-state index is 13.1. The van der Waals surface area contributed by atoms with Gasteiger partial charge in [-0.3, -0.25) is 0 Å². The van der Waals surface area contributed by atoms with Gasteiger partial charge in [0.2, 0.25) is 0 Å². The summed E-state index contributed by atoms with van der Waals surface area (Å²) in [7, 11) is -1.75. The molecular formula is C20H21ClN2O5S. The number of rotatable bonds is 2. The number of carboxylic acids is 1. The van der Waals surface area contributed by atoms with E-state index in [1.165, 1.54) is 6.07 Å². The van der Waals surface area contributed by atoms with Crippen molar-refractivity contribution in [1.82, 2.24) is 4.90 Å². The lowest BCUT2D eigenvalue weighted by Crippen LogP contribution is -2.44. The second-order valence-electron chi connectivity index (χ2n) is 7.49. The SMILES string of the molecule is Cc1cc(C(=O)O)cc2c1Oc1c(Cl)cc(N3CCN(C)CC3)cc1CS2(=O)=O.